The Kier molecular flexibility index (Phi) is 46.6. The molecule has 6 heteroatoms. The number of unbranched alkanes of at least 4 members (excludes halogenated alkanes) is 34. The average molecular weight is 818 g/mol. The number of allylic oxidation sites excluding steroid dienone is 3. The van der Waals surface area contributed by atoms with Crippen molar-refractivity contribution in [1.82, 2.24) is 5.32 Å². The summed E-state index contributed by atoms with van der Waals surface area (Å²) in [5, 5.41) is 23.0. The zero-order chi connectivity index (χ0) is 42.3. The van der Waals surface area contributed by atoms with E-state index in [0.717, 1.165) is 44.9 Å². The number of carbonyl (C=O) groups is 2. The lowest BCUT2D eigenvalue weighted by Gasteiger charge is -2.20. The van der Waals surface area contributed by atoms with E-state index in [1.807, 2.05) is 6.08 Å². The van der Waals surface area contributed by atoms with Crippen LogP contribution >= 0.6 is 0 Å². The van der Waals surface area contributed by atoms with Gasteiger partial charge in [-0.1, -0.05) is 224 Å². The third kappa shape index (κ3) is 43.9. The Hall–Kier alpha value is -1.66. The number of aliphatic hydroxyl groups excluding tert-OH is 2. The van der Waals surface area contributed by atoms with Crippen LogP contribution in [0.5, 0.6) is 0 Å². The van der Waals surface area contributed by atoms with Crippen LogP contribution in [0.25, 0.3) is 0 Å². The van der Waals surface area contributed by atoms with E-state index in [4.69, 9.17) is 4.74 Å². The maximum Gasteiger partial charge on any atom is 0.305 e. The predicted octanol–water partition coefficient (Wildman–Crippen LogP) is 15.1. The van der Waals surface area contributed by atoms with Gasteiger partial charge in [0.2, 0.25) is 5.91 Å². The number of hydrogen-bond donors (Lipinski definition) is 3. The van der Waals surface area contributed by atoms with Crippen LogP contribution in [0, 0.1) is 0 Å². The van der Waals surface area contributed by atoms with Crippen LogP contribution in [0.3, 0.4) is 0 Å². The van der Waals surface area contributed by atoms with Crippen LogP contribution < -0.4 is 5.32 Å². The number of rotatable bonds is 47. The summed E-state index contributed by atoms with van der Waals surface area (Å²) in [6.07, 6.45) is 56.1. The molecule has 0 fully saturated rings. The second-order valence-electron chi connectivity index (χ2n) is 17.5. The molecular weight excluding hydrogens is 719 g/mol. The molecule has 0 saturated heterocycles. The SMILES string of the molecule is CCCCC/C=C\CCCCCCCC(=O)OCCCCCCCCCCCCCCCCCCCCC(=O)NC(CO)C(O)/C=C/CCCCCCCCCCC. The molecule has 0 aromatic carbocycles. The van der Waals surface area contributed by atoms with E-state index in [-0.39, 0.29) is 18.5 Å². The zero-order valence-electron chi connectivity index (χ0n) is 38.8. The average Bonchev–Trinajstić information content (AvgIpc) is 3.22. The molecule has 342 valence electrons. The van der Waals surface area contributed by atoms with E-state index in [9.17, 15) is 19.8 Å². The van der Waals surface area contributed by atoms with Gasteiger partial charge in [-0.3, -0.25) is 9.59 Å². The minimum Gasteiger partial charge on any atom is -0.466 e. The highest BCUT2D eigenvalue weighted by atomic mass is 16.5. The molecule has 0 aliphatic heterocycles. The molecule has 0 bridgehead atoms. The fraction of sp³-hybridized carbons (Fsp3) is 0.885. The van der Waals surface area contributed by atoms with Crippen LogP contribution in [0.1, 0.15) is 271 Å². The third-order valence-corrected chi connectivity index (χ3v) is 11.7. The lowest BCUT2D eigenvalue weighted by molar-refractivity contribution is -0.143. The highest BCUT2D eigenvalue weighted by Gasteiger charge is 2.18. The van der Waals surface area contributed by atoms with Crippen LogP contribution in [0.4, 0.5) is 0 Å². The van der Waals surface area contributed by atoms with Gasteiger partial charge in [0, 0.05) is 12.8 Å². The smallest absolute Gasteiger partial charge is 0.305 e. The predicted molar refractivity (Wildman–Crippen MR) is 250 cm³/mol. The first-order valence-corrected chi connectivity index (χ1v) is 25.6. The summed E-state index contributed by atoms with van der Waals surface area (Å²) in [5.41, 5.74) is 0. The van der Waals surface area contributed by atoms with Crippen LogP contribution in [0.15, 0.2) is 24.3 Å². The highest BCUT2D eigenvalue weighted by molar-refractivity contribution is 5.76. The number of ether oxygens (including phenoxy) is 1. The Bertz CT molecular complexity index is 904. The standard InChI is InChI=1S/C52H99NO5/c1-3-5-7-9-11-13-15-26-30-34-38-42-46-52(57)58-47-43-39-35-31-27-23-21-19-17-16-18-20-22-25-29-33-37-41-45-51(56)53-49(48-54)50(55)44-40-36-32-28-24-14-12-10-8-6-4-2/h11,13,40,44,49-50,54-55H,3-10,12,14-39,41-43,45-48H2,1-2H3,(H,53,56)/b13-11-,44-40+. The van der Waals surface area contributed by atoms with Crippen molar-refractivity contribution in [2.45, 2.75) is 283 Å². The molecule has 0 aliphatic rings. The number of aliphatic hydroxyl groups is 2. The van der Waals surface area contributed by atoms with Gasteiger partial charge in [-0.05, 0) is 57.8 Å². The molecule has 0 aromatic rings. The second kappa shape index (κ2) is 48.0. The quantitative estimate of drug-likeness (QED) is 0.0323. The number of nitrogens with one attached hydrogen (secondary N) is 1. The van der Waals surface area contributed by atoms with Crippen molar-refractivity contribution in [3.63, 3.8) is 0 Å². The first-order chi connectivity index (χ1) is 28.5. The van der Waals surface area contributed by atoms with Crippen molar-refractivity contribution in [2.75, 3.05) is 13.2 Å². The Morgan fingerprint density at radius 1 is 0.466 bits per heavy atom. The first kappa shape index (κ1) is 56.3. The van der Waals surface area contributed by atoms with Crippen molar-refractivity contribution in [3.05, 3.63) is 24.3 Å². The monoisotopic (exact) mass is 818 g/mol. The van der Waals surface area contributed by atoms with Gasteiger partial charge in [0.05, 0.1) is 25.4 Å². The second-order valence-corrected chi connectivity index (χ2v) is 17.5. The van der Waals surface area contributed by atoms with Gasteiger partial charge in [0.15, 0.2) is 0 Å². The molecule has 3 N–H and O–H groups in total. The van der Waals surface area contributed by atoms with Crippen LogP contribution in [-0.4, -0.2) is 47.4 Å². The number of amides is 1. The van der Waals surface area contributed by atoms with Gasteiger partial charge in [0.25, 0.3) is 0 Å². The van der Waals surface area contributed by atoms with E-state index in [1.165, 1.54) is 199 Å². The minimum atomic E-state index is -0.845. The molecule has 2 atom stereocenters. The lowest BCUT2D eigenvalue weighted by Crippen LogP contribution is -2.45. The summed E-state index contributed by atoms with van der Waals surface area (Å²) in [4.78, 5) is 24.4. The summed E-state index contributed by atoms with van der Waals surface area (Å²) in [7, 11) is 0. The van der Waals surface area contributed by atoms with Gasteiger partial charge < -0.3 is 20.3 Å². The molecule has 0 aromatic heterocycles. The number of esters is 1. The fourth-order valence-corrected chi connectivity index (χ4v) is 7.74. The summed E-state index contributed by atoms with van der Waals surface area (Å²) >= 11 is 0. The zero-order valence-corrected chi connectivity index (χ0v) is 38.8. The molecule has 0 spiro atoms. The minimum absolute atomic E-state index is 0.00414. The van der Waals surface area contributed by atoms with E-state index in [0.29, 0.717) is 19.4 Å². The molecular formula is C52H99NO5. The molecule has 2 unspecified atom stereocenters. The van der Waals surface area contributed by atoms with Crippen LogP contribution in [0.2, 0.25) is 0 Å². The Morgan fingerprint density at radius 2 is 0.810 bits per heavy atom. The largest absolute Gasteiger partial charge is 0.466 e. The van der Waals surface area contributed by atoms with E-state index in [2.05, 4.69) is 31.3 Å². The Labute approximate surface area is 361 Å². The molecule has 0 saturated carbocycles. The van der Waals surface area contributed by atoms with Gasteiger partial charge in [0.1, 0.15) is 0 Å². The molecule has 58 heavy (non-hydrogen) atoms. The Balaban J connectivity index is 3.43. The molecule has 0 radical (unpaired) electrons. The normalized spacial score (nSPS) is 12.8. The van der Waals surface area contributed by atoms with E-state index in [1.54, 1.807) is 6.08 Å². The maximum atomic E-state index is 12.4. The van der Waals surface area contributed by atoms with Crippen molar-refractivity contribution < 1.29 is 24.5 Å². The summed E-state index contributed by atoms with van der Waals surface area (Å²) in [6.45, 7) is 4.85. The van der Waals surface area contributed by atoms with E-state index >= 15 is 0 Å². The van der Waals surface area contributed by atoms with Crippen molar-refractivity contribution in [3.8, 4) is 0 Å². The molecule has 0 rings (SSSR count). The molecule has 1 amide bonds. The third-order valence-electron chi connectivity index (χ3n) is 11.7. The number of carbonyl (C=O) groups excluding carboxylic acids is 2. The fourth-order valence-electron chi connectivity index (χ4n) is 7.74. The molecule has 0 heterocycles. The van der Waals surface area contributed by atoms with Crippen molar-refractivity contribution in [1.29, 1.82) is 0 Å². The Morgan fingerprint density at radius 3 is 1.26 bits per heavy atom. The van der Waals surface area contributed by atoms with Gasteiger partial charge in [-0.2, -0.15) is 0 Å². The van der Waals surface area contributed by atoms with Gasteiger partial charge >= 0.3 is 5.97 Å². The summed E-state index contributed by atoms with van der Waals surface area (Å²) in [5.74, 6) is -0.0778. The summed E-state index contributed by atoms with van der Waals surface area (Å²) < 4.78 is 5.45. The molecule has 6 nitrogen and oxygen atoms in total. The van der Waals surface area contributed by atoms with Gasteiger partial charge in [-0.25, -0.2) is 0 Å². The number of hydrogen-bond acceptors (Lipinski definition) is 5. The van der Waals surface area contributed by atoms with Crippen molar-refractivity contribution in [2.24, 2.45) is 0 Å². The van der Waals surface area contributed by atoms with Crippen molar-refractivity contribution >= 4 is 11.9 Å². The molecule has 0 aliphatic carbocycles. The highest BCUT2D eigenvalue weighted by Crippen LogP contribution is 2.16. The summed E-state index contributed by atoms with van der Waals surface area (Å²) in [6, 6.07) is -0.629. The van der Waals surface area contributed by atoms with Gasteiger partial charge in [-0.15, -0.1) is 0 Å². The topological polar surface area (TPSA) is 95.9 Å². The first-order valence-electron chi connectivity index (χ1n) is 25.6. The van der Waals surface area contributed by atoms with Crippen LogP contribution in [-0.2, 0) is 14.3 Å². The lowest BCUT2D eigenvalue weighted by atomic mass is 10.0. The van der Waals surface area contributed by atoms with E-state index < -0.39 is 12.1 Å². The maximum absolute atomic E-state index is 12.4.